The number of nitrogens with zero attached hydrogens (tertiary/aromatic N) is 1. The maximum atomic E-state index is 3.36. The zero-order valence-corrected chi connectivity index (χ0v) is 12.8. The van der Waals surface area contributed by atoms with Crippen LogP contribution in [0.5, 0.6) is 0 Å². The highest BCUT2D eigenvalue weighted by molar-refractivity contribution is 5.25. The van der Waals surface area contributed by atoms with Gasteiger partial charge in [0.1, 0.15) is 0 Å². The third-order valence-electron chi connectivity index (χ3n) is 4.48. The maximum Gasteiger partial charge on any atom is 0.0176 e. The molecule has 1 aliphatic rings. The van der Waals surface area contributed by atoms with Crippen LogP contribution in [0.1, 0.15) is 25.8 Å². The van der Waals surface area contributed by atoms with Crippen LogP contribution >= 0.6 is 0 Å². The van der Waals surface area contributed by atoms with Gasteiger partial charge in [-0.2, -0.15) is 0 Å². The van der Waals surface area contributed by atoms with Gasteiger partial charge in [0.2, 0.25) is 0 Å². The lowest BCUT2D eigenvalue weighted by Gasteiger charge is -2.34. The molecule has 2 rings (SSSR count). The average molecular weight is 260 g/mol. The highest BCUT2D eigenvalue weighted by atomic mass is 15.1. The van der Waals surface area contributed by atoms with Crippen molar-refractivity contribution >= 4 is 0 Å². The fraction of sp³-hybridized carbons (Fsp3) is 0.647. The van der Waals surface area contributed by atoms with Gasteiger partial charge < -0.3 is 10.2 Å². The van der Waals surface area contributed by atoms with Crippen molar-refractivity contribution in [1.29, 1.82) is 0 Å². The lowest BCUT2D eigenvalue weighted by Crippen LogP contribution is -2.44. The van der Waals surface area contributed by atoms with Crippen LogP contribution in [0.15, 0.2) is 30.3 Å². The van der Waals surface area contributed by atoms with E-state index in [2.05, 4.69) is 61.4 Å². The van der Waals surface area contributed by atoms with Crippen molar-refractivity contribution in [2.24, 2.45) is 11.8 Å². The standard InChI is InChI=1S/C17H28N2/c1-14-10-15(14)11-19(4)13-17(2,12-18-3)16-8-6-5-7-9-16/h5-9,14-15,18H,10-13H2,1-4H3. The monoisotopic (exact) mass is 260 g/mol. The highest BCUT2D eigenvalue weighted by Gasteiger charge is 2.35. The fourth-order valence-electron chi connectivity index (χ4n) is 3.19. The summed E-state index contributed by atoms with van der Waals surface area (Å²) in [5.41, 5.74) is 1.61. The molecule has 19 heavy (non-hydrogen) atoms. The molecule has 0 heterocycles. The molecule has 0 saturated heterocycles. The smallest absolute Gasteiger partial charge is 0.0176 e. The molecule has 0 amide bonds. The van der Waals surface area contributed by atoms with Crippen LogP contribution in [-0.4, -0.2) is 38.6 Å². The Morgan fingerprint density at radius 3 is 2.47 bits per heavy atom. The van der Waals surface area contributed by atoms with E-state index >= 15 is 0 Å². The molecule has 1 saturated carbocycles. The lowest BCUT2D eigenvalue weighted by atomic mass is 9.81. The van der Waals surface area contributed by atoms with E-state index in [0.29, 0.717) is 0 Å². The molecule has 3 unspecified atom stereocenters. The number of benzene rings is 1. The molecule has 2 nitrogen and oxygen atoms in total. The Balaban J connectivity index is 2.02. The van der Waals surface area contributed by atoms with E-state index in [1.807, 2.05) is 7.05 Å². The SMILES string of the molecule is CNCC(C)(CN(C)CC1CC1C)c1ccccc1. The molecule has 3 atom stereocenters. The Morgan fingerprint density at radius 1 is 1.32 bits per heavy atom. The minimum absolute atomic E-state index is 0.183. The Hall–Kier alpha value is -0.860. The summed E-state index contributed by atoms with van der Waals surface area (Å²) in [7, 11) is 4.31. The minimum Gasteiger partial charge on any atom is -0.319 e. The van der Waals surface area contributed by atoms with Crippen molar-refractivity contribution in [2.75, 3.05) is 33.7 Å². The first-order valence-corrected chi connectivity index (χ1v) is 7.44. The van der Waals surface area contributed by atoms with Crippen molar-refractivity contribution in [3.63, 3.8) is 0 Å². The van der Waals surface area contributed by atoms with Crippen molar-refractivity contribution in [3.8, 4) is 0 Å². The van der Waals surface area contributed by atoms with Crippen LogP contribution in [0.2, 0.25) is 0 Å². The van der Waals surface area contributed by atoms with Crippen molar-refractivity contribution in [1.82, 2.24) is 10.2 Å². The number of hydrogen-bond donors (Lipinski definition) is 1. The first-order valence-electron chi connectivity index (χ1n) is 7.44. The van der Waals surface area contributed by atoms with Gasteiger partial charge in [-0.25, -0.2) is 0 Å². The normalized spacial score (nSPS) is 25.3. The lowest BCUT2D eigenvalue weighted by molar-refractivity contribution is 0.241. The van der Waals surface area contributed by atoms with Crippen molar-refractivity contribution in [3.05, 3.63) is 35.9 Å². The zero-order chi connectivity index (χ0) is 13.9. The first-order chi connectivity index (χ1) is 9.05. The van der Waals surface area contributed by atoms with Crippen molar-refractivity contribution in [2.45, 2.75) is 25.7 Å². The fourth-order valence-corrected chi connectivity index (χ4v) is 3.19. The summed E-state index contributed by atoms with van der Waals surface area (Å²) in [6, 6.07) is 10.9. The molecule has 1 aliphatic carbocycles. The summed E-state index contributed by atoms with van der Waals surface area (Å²) >= 11 is 0. The van der Waals surface area contributed by atoms with Crippen LogP contribution in [-0.2, 0) is 5.41 Å². The molecular weight excluding hydrogens is 232 g/mol. The second-order valence-electron chi connectivity index (χ2n) is 6.63. The van der Waals surface area contributed by atoms with Gasteiger partial charge in [0.25, 0.3) is 0 Å². The van der Waals surface area contributed by atoms with E-state index in [-0.39, 0.29) is 5.41 Å². The van der Waals surface area contributed by atoms with Crippen molar-refractivity contribution < 1.29 is 0 Å². The number of nitrogens with one attached hydrogen (secondary N) is 1. The minimum atomic E-state index is 0.183. The maximum absolute atomic E-state index is 3.36. The molecule has 1 aromatic rings. The third-order valence-corrected chi connectivity index (χ3v) is 4.48. The Bertz CT molecular complexity index is 390. The van der Waals surface area contributed by atoms with E-state index in [1.165, 1.54) is 18.5 Å². The summed E-state index contributed by atoms with van der Waals surface area (Å²) < 4.78 is 0. The van der Waals surface area contributed by atoms with Gasteiger partial charge in [0, 0.05) is 25.0 Å². The quantitative estimate of drug-likeness (QED) is 0.811. The highest BCUT2D eigenvalue weighted by Crippen LogP contribution is 2.38. The molecule has 2 heteroatoms. The molecule has 0 bridgehead atoms. The Labute approximate surface area is 118 Å². The largest absolute Gasteiger partial charge is 0.319 e. The predicted molar refractivity (Wildman–Crippen MR) is 82.5 cm³/mol. The zero-order valence-electron chi connectivity index (χ0n) is 12.8. The van der Waals surface area contributed by atoms with Crippen LogP contribution in [0.25, 0.3) is 0 Å². The summed E-state index contributed by atoms with van der Waals surface area (Å²) in [5.74, 6) is 1.87. The summed E-state index contributed by atoms with van der Waals surface area (Å²) in [5, 5.41) is 3.36. The van der Waals surface area contributed by atoms with Gasteiger partial charge in [-0.15, -0.1) is 0 Å². The van der Waals surface area contributed by atoms with E-state index in [9.17, 15) is 0 Å². The third kappa shape index (κ3) is 3.80. The van der Waals surface area contributed by atoms with Crippen LogP contribution in [0.4, 0.5) is 0 Å². The second-order valence-corrected chi connectivity index (χ2v) is 6.63. The molecule has 0 radical (unpaired) electrons. The molecule has 0 aliphatic heterocycles. The second kappa shape index (κ2) is 6.06. The number of hydrogen-bond acceptors (Lipinski definition) is 2. The molecule has 1 N–H and O–H groups in total. The van der Waals surface area contributed by atoms with Crippen LogP contribution in [0.3, 0.4) is 0 Å². The van der Waals surface area contributed by atoms with E-state index < -0.39 is 0 Å². The van der Waals surface area contributed by atoms with Gasteiger partial charge in [-0.05, 0) is 37.9 Å². The van der Waals surface area contributed by atoms with E-state index in [4.69, 9.17) is 0 Å². The van der Waals surface area contributed by atoms with Crippen LogP contribution in [0, 0.1) is 11.8 Å². The Morgan fingerprint density at radius 2 is 1.95 bits per heavy atom. The number of likely N-dealkylation sites (N-methyl/N-ethyl adjacent to an activating group) is 2. The summed E-state index contributed by atoms with van der Waals surface area (Å²) in [6.07, 6.45) is 1.42. The topological polar surface area (TPSA) is 15.3 Å². The molecule has 0 spiro atoms. The molecular formula is C17H28N2. The Kier molecular flexibility index (Phi) is 4.64. The predicted octanol–water partition coefficient (Wildman–Crippen LogP) is 2.75. The molecule has 0 aromatic heterocycles. The van der Waals surface area contributed by atoms with Gasteiger partial charge in [0.05, 0.1) is 0 Å². The molecule has 1 fully saturated rings. The molecule has 106 valence electrons. The van der Waals surface area contributed by atoms with Gasteiger partial charge in [-0.3, -0.25) is 0 Å². The van der Waals surface area contributed by atoms with Gasteiger partial charge in [-0.1, -0.05) is 44.2 Å². The van der Waals surface area contributed by atoms with E-state index in [0.717, 1.165) is 24.9 Å². The van der Waals surface area contributed by atoms with E-state index in [1.54, 1.807) is 0 Å². The van der Waals surface area contributed by atoms with Gasteiger partial charge >= 0.3 is 0 Å². The summed E-state index contributed by atoms with van der Waals surface area (Å²) in [6.45, 7) is 8.10. The first kappa shape index (κ1) is 14.5. The summed E-state index contributed by atoms with van der Waals surface area (Å²) in [4.78, 5) is 2.51. The van der Waals surface area contributed by atoms with Gasteiger partial charge in [0.15, 0.2) is 0 Å². The molecule has 1 aromatic carbocycles. The van der Waals surface area contributed by atoms with Crippen LogP contribution < -0.4 is 5.32 Å². The average Bonchev–Trinajstić information content (AvgIpc) is 3.05. The number of rotatable bonds is 7.